The number of nitrogens with one attached hydrogen (secondary N) is 1. The van der Waals surface area contributed by atoms with Gasteiger partial charge in [0.25, 0.3) is 0 Å². The van der Waals surface area contributed by atoms with E-state index >= 15 is 0 Å². The minimum absolute atomic E-state index is 0.0827. The van der Waals surface area contributed by atoms with Gasteiger partial charge in [0.2, 0.25) is 0 Å². The molecule has 20 heavy (non-hydrogen) atoms. The molecule has 0 heterocycles. The maximum absolute atomic E-state index is 13.2. The zero-order chi connectivity index (χ0) is 14.7. The van der Waals surface area contributed by atoms with Crippen LogP contribution in [-0.4, -0.2) is 19.2 Å². The topological polar surface area (TPSA) is 35.5 Å². The van der Waals surface area contributed by atoms with Crippen LogP contribution in [0, 0.1) is 5.82 Å². The molecule has 0 aromatic heterocycles. The van der Waals surface area contributed by atoms with Crippen LogP contribution in [0.5, 0.6) is 5.75 Å². The standard InChI is InChI=1S/C15H16ClFN2O/c1-19(2)15-4-3-11(16)7-14(15)18-9-10-5-12(17)8-13(20)6-10/h3-8,18,20H,9H2,1-2H3. The van der Waals surface area contributed by atoms with Crippen molar-refractivity contribution >= 4 is 23.0 Å². The van der Waals surface area contributed by atoms with Crippen molar-refractivity contribution in [2.24, 2.45) is 0 Å². The van der Waals surface area contributed by atoms with Crippen LogP contribution in [0.4, 0.5) is 15.8 Å². The first kappa shape index (κ1) is 14.5. The molecular weight excluding hydrogens is 279 g/mol. The molecule has 0 spiro atoms. The average Bonchev–Trinajstić information content (AvgIpc) is 2.35. The molecule has 0 saturated heterocycles. The number of nitrogens with zero attached hydrogens (tertiary/aromatic N) is 1. The molecule has 0 saturated carbocycles. The molecule has 2 aromatic carbocycles. The molecule has 106 valence electrons. The second kappa shape index (κ2) is 6.01. The highest BCUT2D eigenvalue weighted by Crippen LogP contribution is 2.28. The molecule has 0 bridgehead atoms. The molecule has 3 nitrogen and oxygen atoms in total. The zero-order valence-electron chi connectivity index (χ0n) is 11.3. The van der Waals surface area contributed by atoms with Crippen molar-refractivity contribution < 1.29 is 9.50 Å². The molecule has 2 aromatic rings. The number of benzene rings is 2. The SMILES string of the molecule is CN(C)c1ccc(Cl)cc1NCc1cc(O)cc(F)c1. The Balaban J connectivity index is 2.20. The molecule has 0 amide bonds. The van der Waals surface area contributed by atoms with E-state index in [1.54, 1.807) is 0 Å². The molecule has 0 atom stereocenters. The number of phenols is 1. The molecule has 2 N–H and O–H groups in total. The van der Waals surface area contributed by atoms with Gasteiger partial charge in [-0.05, 0) is 35.9 Å². The predicted molar refractivity (Wildman–Crippen MR) is 81.2 cm³/mol. The van der Waals surface area contributed by atoms with Crippen LogP contribution in [0.15, 0.2) is 36.4 Å². The lowest BCUT2D eigenvalue weighted by molar-refractivity contribution is 0.468. The third-order valence-electron chi connectivity index (χ3n) is 2.87. The minimum Gasteiger partial charge on any atom is -0.508 e. The summed E-state index contributed by atoms with van der Waals surface area (Å²) in [5.74, 6) is -0.540. The molecule has 0 aliphatic rings. The first-order valence-corrected chi connectivity index (χ1v) is 6.52. The Morgan fingerprint density at radius 1 is 1.20 bits per heavy atom. The van der Waals surface area contributed by atoms with E-state index in [0.717, 1.165) is 17.4 Å². The van der Waals surface area contributed by atoms with Gasteiger partial charge < -0.3 is 15.3 Å². The van der Waals surface area contributed by atoms with E-state index in [4.69, 9.17) is 11.6 Å². The van der Waals surface area contributed by atoms with Crippen molar-refractivity contribution in [2.75, 3.05) is 24.3 Å². The number of anilines is 2. The lowest BCUT2D eigenvalue weighted by Gasteiger charge is -2.19. The summed E-state index contributed by atoms with van der Waals surface area (Å²) in [6.45, 7) is 0.395. The van der Waals surface area contributed by atoms with Gasteiger partial charge in [0.05, 0.1) is 11.4 Å². The molecule has 0 fully saturated rings. The van der Waals surface area contributed by atoms with Crippen LogP contribution in [0.1, 0.15) is 5.56 Å². The Hall–Kier alpha value is -1.94. The average molecular weight is 295 g/mol. The van der Waals surface area contributed by atoms with E-state index < -0.39 is 5.82 Å². The summed E-state index contributed by atoms with van der Waals surface area (Å²) in [6, 6.07) is 9.52. The van der Waals surface area contributed by atoms with Gasteiger partial charge in [-0.25, -0.2) is 4.39 Å². The number of hydrogen-bond acceptors (Lipinski definition) is 3. The van der Waals surface area contributed by atoms with Gasteiger partial charge in [0.15, 0.2) is 0 Å². The Morgan fingerprint density at radius 2 is 1.95 bits per heavy atom. The summed E-state index contributed by atoms with van der Waals surface area (Å²) in [6.07, 6.45) is 0. The van der Waals surface area contributed by atoms with Crippen LogP contribution in [0.2, 0.25) is 5.02 Å². The largest absolute Gasteiger partial charge is 0.508 e. The molecule has 0 radical (unpaired) electrons. The number of phenolic OH excluding ortho intramolecular Hbond substituents is 1. The molecule has 2 rings (SSSR count). The molecule has 0 aliphatic heterocycles. The summed E-state index contributed by atoms with van der Waals surface area (Å²) >= 11 is 6.00. The normalized spacial score (nSPS) is 10.4. The fourth-order valence-corrected chi connectivity index (χ4v) is 2.14. The minimum atomic E-state index is -0.458. The third-order valence-corrected chi connectivity index (χ3v) is 3.10. The van der Waals surface area contributed by atoms with Gasteiger partial charge in [0, 0.05) is 31.7 Å². The summed E-state index contributed by atoms with van der Waals surface area (Å²) < 4.78 is 13.2. The van der Waals surface area contributed by atoms with Gasteiger partial charge in [-0.15, -0.1) is 0 Å². The highest BCUT2D eigenvalue weighted by atomic mass is 35.5. The quantitative estimate of drug-likeness (QED) is 0.899. The van der Waals surface area contributed by atoms with E-state index in [2.05, 4.69) is 5.32 Å². The lowest BCUT2D eigenvalue weighted by Crippen LogP contribution is -2.12. The number of halogens is 2. The number of aromatic hydroxyl groups is 1. The monoisotopic (exact) mass is 294 g/mol. The number of rotatable bonds is 4. The summed E-state index contributed by atoms with van der Waals surface area (Å²) in [5.41, 5.74) is 2.49. The van der Waals surface area contributed by atoms with Crippen molar-refractivity contribution in [1.29, 1.82) is 0 Å². The molecular formula is C15H16ClFN2O. The zero-order valence-corrected chi connectivity index (χ0v) is 12.1. The van der Waals surface area contributed by atoms with Gasteiger partial charge in [-0.2, -0.15) is 0 Å². The molecule has 0 unspecified atom stereocenters. The summed E-state index contributed by atoms with van der Waals surface area (Å²) in [4.78, 5) is 1.96. The predicted octanol–water partition coefficient (Wildman–Crippen LogP) is 3.86. The number of hydrogen-bond donors (Lipinski definition) is 2. The second-order valence-corrected chi connectivity index (χ2v) is 5.16. The van der Waals surface area contributed by atoms with E-state index in [1.807, 2.05) is 37.2 Å². The second-order valence-electron chi connectivity index (χ2n) is 4.73. The first-order chi connectivity index (χ1) is 9.45. The Bertz CT molecular complexity index is 597. The lowest BCUT2D eigenvalue weighted by atomic mass is 10.2. The maximum Gasteiger partial charge on any atom is 0.127 e. The van der Waals surface area contributed by atoms with Crippen molar-refractivity contribution in [3.63, 3.8) is 0 Å². The van der Waals surface area contributed by atoms with Crippen molar-refractivity contribution in [1.82, 2.24) is 0 Å². The van der Waals surface area contributed by atoms with Gasteiger partial charge >= 0.3 is 0 Å². The smallest absolute Gasteiger partial charge is 0.127 e. The van der Waals surface area contributed by atoms with E-state index in [1.165, 1.54) is 12.1 Å². The van der Waals surface area contributed by atoms with Crippen LogP contribution < -0.4 is 10.2 Å². The van der Waals surface area contributed by atoms with Crippen LogP contribution in [-0.2, 0) is 6.54 Å². The fourth-order valence-electron chi connectivity index (χ4n) is 1.97. The van der Waals surface area contributed by atoms with E-state index in [0.29, 0.717) is 17.1 Å². The summed E-state index contributed by atoms with van der Waals surface area (Å²) in [5, 5.41) is 13.2. The van der Waals surface area contributed by atoms with E-state index in [9.17, 15) is 9.50 Å². The fraction of sp³-hybridized carbons (Fsp3) is 0.200. The van der Waals surface area contributed by atoms with Crippen molar-refractivity contribution in [3.8, 4) is 5.75 Å². The Morgan fingerprint density at radius 3 is 2.60 bits per heavy atom. The summed E-state index contributed by atoms with van der Waals surface area (Å²) in [7, 11) is 3.87. The van der Waals surface area contributed by atoms with Gasteiger partial charge in [-0.1, -0.05) is 11.6 Å². The van der Waals surface area contributed by atoms with Gasteiger partial charge in [0.1, 0.15) is 11.6 Å². The van der Waals surface area contributed by atoms with Crippen LogP contribution in [0.3, 0.4) is 0 Å². The van der Waals surface area contributed by atoms with E-state index in [-0.39, 0.29) is 5.75 Å². The highest BCUT2D eigenvalue weighted by molar-refractivity contribution is 6.31. The van der Waals surface area contributed by atoms with Gasteiger partial charge in [-0.3, -0.25) is 0 Å². The van der Waals surface area contributed by atoms with Crippen molar-refractivity contribution in [3.05, 3.63) is 52.8 Å². The van der Waals surface area contributed by atoms with Crippen LogP contribution >= 0.6 is 11.6 Å². The Kier molecular flexibility index (Phi) is 4.35. The maximum atomic E-state index is 13.2. The Labute approximate surface area is 122 Å². The molecule has 5 heteroatoms. The van der Waals surface area contributed by atoms with Crippen LogP contribution in [0.25, 0.3) is 0 Å². The first-order valence-electron chi connectivity index (χ1n) is 6.15. The third kappa shape index (κ3) is 3.54. The molecule has 0 aliphatic carbocycles. The van der Waals surface area contributed by atoms with Crippen molar-refractivity contribution in [2.45, 2.75) is 6.54 Å². The highest BCUT2D eigenvalue weighted by Gasteiger charge is 2.06.